The Morgan fingerprint density at radius 1 is 1.58 bits per heavy atom. The second kappa shape index (κ2) is 7.75. The lowest BCUT2D eigenvalue weighted by Crippen LogP contribution is -2.44. The van der Waals surface area contributed by atoms with Crippen molar-refractivity contribution in [2.75, 3.05) is 13.1 Å². The highest BCUT2D eigenvalue weighted by atomic mass is 16.3. The van der Waals surface area contributed by atoms with E-state index in [-0.39, 0.29) is 18.5 Å². The smallest absolute Gasteiger partial charge is 0.236 e. The zero-order valence-corrected chi connectivity index (χ0v) is 13.4. The van der Waals surface area contributed by atoms with Crippen molar-refractivity contribution in [3.63, 3.8) is 0 Å². The van der Waals surface area contributed by atoms with Crippen LogP contribution in [0.1, 0.15) is 24.4 Å². The number of hydrogen-bond acceptors (Lipinski definition) is 6. The summed E-state index contributed by atoms with van der Waals surface area (Å²) >= 11 is 0. The van der Waals surface area contributed by atoms with E-state index < -0.39 is 0 Å². The summed E-state index contributed by atoms with van der Waals surface area (Å²) in [6.07, 6.45) is 5.24. The normalized spacial score (nSPS) is 16.4. The molecule has 24 heavy (non-hydrogen) atoms. The predicted octanol–water partition coefficient (Wildman–Crippen LogP) is 0.718. The van der Waals surface area contributed by atoms with Gasteiger partial charge in [0.25, 0.3) is 0 Å². The van der Waals surface area contributed by atoms with Gasteiger partial charge in [-0.15, -0.1) is 0 Å². The molecule has 0 bridgehead atoms. The number of fused-ring (bicyclic) bond motifs is 1. The van der Waals surface area contributed by atoms with Gasteiger partial charge in [0.05, 0.1) is 38.4 Å². The van der Waals surface area contributed by atoms with E-state index in [9.17, 15) is 4.79 Å². The molecule has 2 aromatic rings. The van der Waals surface area contributed by atoms with Crippen LogP contribution in [-0.2, 0) is 24.3 Å². The Hall–Kier alpha value is -2.66. The summed E-state index contributed by atoms with van der Waals surface area (Å²) < 4.78 is 7.18. The molecular formula is C16H20N6O2. The number of nitriles is 1. The Balaban J connectivity index is 1.52. The molecule has 0 saturated heterocycles. The van der Waals surface area contributed by atoms with Crippen LogP contribution in [0.25, 0.3) is 0 Å². The van der Waals surface area contributed by atoms with Crippen LogP contribution < -0.4 is 5.32 Å². The molecule has 2 aromatic heterocycles. The standard InChI is InChI=1S/C16H20N6O2/c17-6-2-7-21(11-14-3-1-8-24-14)16(23)9-18-13-4-5-15-19-12-20-22(15)10-13/h1,3,8,12-13,18H,2,4-5,7,9-11H2/t13-/m0/s1. The highest BCUT2D eigenvalue weighted by molar-refractivity contribution is 5.78. The number of aryl methyl sites for hydroxylation is 1. The van der Waals surface area contributed by atoms with E-state index in [1.54, 1.807) is 23.6 Å². The summed E-state index contributed by atoms with van der Waals surface area (Å²) in [5.74, 6) is 1.67. The van der Waals surface area contributed by atoms with Crippen molar-refractivity contribution in [1.82, 2.24) is 25.0 Å². The van der Waals surface area contributed by atoms with Crippen LogP contribution in [0.4, 0.5) is 0 Å². The number of carbonyl (C=O) groups is 1. The SMILES string of the molecule is N#CCCN(Cc1ccco1)C(=O)CN[C@H]1CCc2ncnn2C1. The van der Waals surface area contributed by atoms with Crippen molar-refractivity contribution in [2.24, 2.45) is 0 Å². The average molecular weight is 328 g/mol. The average Bonchev–Trinajstić information content (AvgIpc) is 3.27. The molecule has 1 N–H and O–H groups in total. The maximum atomic E-state index is 12.5. The number of amides is 1. The van der Waals surface area contributed by atoms with Gasteiger partial charge in [-0.05, 0) is 18.6 Å². The van der Waals surface area contributed by atoms with Gasteiger partial charge in [0, 0.05) is 19.0 Å². The first-order valence-corrected chi connectivity index (χ1v) is 8.03. The Bertz CT molecular complexity index is 702. The molecule has 0 radical (unpaired) electrons. The topological polar surface area (TPSA) is 100.0 Å². The van der Waals surface area contributed by atoms with E-state index in [2.05, 4.69) is 21.5 Å². The molecule has 0 saturated carbocycles. The van der Waals surface area contributed by atoms with Crippen molar-refractivity contribution < 1.29 is 9.21 Å². The second-order valence-corrected chi connectivity index (χ2v) is 5.78. The van der Waals surface area contributed by atoms with Gasteiger partial charge in [-0.1, -0.05) is 0 Å². The van der Waals surface area contributed by atoms with Gasteiger partial charge >= 0.3 is 0 Å². The third-order valence-electron chi connectivity index (χ3n) is 4.12. The Labute approximate surface area is 140 Å². The van der Waals surface area contributed by atoms with E-state index in [4.69, 9.17) is 9.68 Å². The van der Waals surface area contributed by atoms with Crippen LogP contribution in [0.3, 0.4) is 0 Å². The minimum absolute atomic E-state index is 0.0361. The maximum Gasteiger partial charge on any atom is 0.236 e. The van der Waals surface area contributed by atoms with Crippen molar-refractivity contribution in [2.45, 2.75) is 38.4 Å². The lowest BCUT2D eigenvalue weighted by atomic mass is 10.1. The number of carbonyl (C=O) groups excluding carboxylic acids is 1. The summed E-state index contributed by atoms with van der Waals surface area (Å²) in [6, 6.07) is 5.90. The molecule has 0 aliphatic carbocycles. The van der Waals surface area contributed by atoms with E-state index in [0.29, 0.717) is 25.3 Å². The minimum Gasteiger partial charge on any atom is -0.467 e. The second-order valence-electron chi connectivity index (χ2n) is 5.78. The van der Waals surface area contributed by atoms with Gasteiger partial charge in [0.15, 0.2) is 0 Å². The Morgan fingerprint density at radius 2 is 2.50 bits per heavy atom. The van der Waals surface area contributed by atoms with Crippen molar-refractivity contribution >= 4 is 5.91 Å². The number of aromatic nitrogens is 3. The fourth-order valence-electron chi connectivity index (χ4n) is 2.82. The summed E-state index contributed by atoms with van der Waals surface area (Å²) in [5.41, 5.74) is 0. The maximum absolute atomic E-state index is 12.5. The van der Waals surface area contributed by atoms with Crippen LogP contribution in [0.15, 0.2) is 29.1 Å². The lowest BCUT2D eigenvalue weighted by Gasteiger charge is -2.26. The van der Waals surface area contributed by atoms with E-state index in [0.717, 1.165) is 25.2 Å². The number of rotatable bonds is 7. The zero-order chi connectivity index (χ0) is 16.8. The Morgan fingerprint density at radius 3 is 3.29 bits per heavy atom. The van der Waals surface area contributed by atoms with Gasteiger partial charge in [-0.3, -0.25) is 4.79 Å². The molecule has 3 rings (SSSR count). The van der Waals surface area contributed by atoms with E-state index >= 15 is 0 Å². The molecule has 0 unspecified atom stereocenters. The van der Waals surface area contributed by atoms with Gasteiger partial charge in [0.2, 0.25) is 5.91 Å². The first-order valence-electron chi connectivity index (χ1n) is 8.03. The Kier molecular flexibility index (Phi) is 5.23. The van der Waals surface area contributed by atoms with Crippen LogP contribution in [0.5, 0.6) is 0 Å². The highest BCUT2D eigenvalue weighted by Crippen LogP contribution is 2.11. The van der Waals surface area contributed by atoms with Crippen LogP contribution >= 0.6 is 0 Å². The zero-order valence-electron chi connectivity index (χ0n) is 13.4. The van der Waals surface area contributed by atoms with Gasteiger partial charge in [-0.25, -0.2) is 9.67 Å². The van der Waals surface area contributed by atoms with E-state index in [1.165, 1.54) is 0 Å². The van der Waals surface area contributed by atoms with Crippen LogP contribution in [0.2, 0.25) is 0 Å². The van der Waals surface area contributed by atoms with Crippen LogP contribution in [0, 0.1) is 11.3 Å². The monoisotopic (exact) mass is 328 g/mol. The number of nitrogens with one attached hydrogen (secondary N) is 1. The molecule has 0 spiro atoms. The molecule has 126 valence electrons. The van der Waals surface area contributed by atoms with Gasteiger partial charge < -0.3 is 14.6 Å². The molecule has 0 fully saturated rings. The molecule has 0 aromatic carbocycles. The van der Waals surface area contributed by atoms with E-state index in [1.807, 2.05) is 10.7 Å². The fraction of sp³-hybridized carbons (Fsp3) is 0.500. The lowest BCUT2D eigenvalue weighted by molar-refractivity contribution is -0.131. The molecule has 1 amide bonds. The molecule has 1 aliphatic heterocycles. The quantitative estimate of drug-likeness (QED) is 0.804. The molecule has 8 nitrogen and oxygen atoms in total. The van der Waals surface area contributed by atoms with Gasteiger partial charge in [0.1, 0.15) is 17.9 Å². The third-order valence-corrected chi connectivity index (χ3v) is 4.12. The molecule has 3 heterocycles. The fourth-order valence-corrected chi connectivity index (χ4v) is 2.82. The highest BCUT2D eigenvalue weighted by Gasteiger charge is 2.21. The molecule has 1 aliphatic rings. The molecule has 8 heteroatoms. The number of nitrogens with zero attached hydrogens (tertiary/aromatic N) is 5. The van der Waals surface area contributed by atoms with Crippen molar-refractivity contribution in [3.8, 4) is 6.07 Å². The molecular weight excluding hydrogens is 308 g/mol. The minimum atomic E-state index is -0.0361. The van der Waals surface area contributed by atoms with Crippen LogP contribution in [-0.4, -0.2) is 44.7 Å². The number of furan rings is 1. The summed E-state index contributed by atoms with van der Waals surface area (Å²) in [4.78, 5) is 18.3. The van der Waals surface area contributed by atoms with Crippen molar-refractivity contribution in [3.05, 3.63) is 36.3 Å². The number of hydrogen-bond donors (Lipinski definition) is 1. The third kappa shape index (κ3) is 4.00. The molecule has 1 atom stereocenters. The summed E-state index contributed by atoms with van der Waals surface area (Å²) in [6.45, 7) is 1.74. The summed E-state index contributed by atoms with van der Waals surface area (Å²) in [7, 11) is 0. The largest absolute Gasteiger partial charge is 0.467 e. The van der Waals surface area contributed by atoms with Gasteiger partial charge in [-0.2, -0.15) is 10.4 Å². The summed E-state index contributed by atoms with van der Waals surface area (Å²) in [5, 5.41) is 16.3. The van der Waals surface area contributed by atoms with Crippen molar-refractivity contribution in [1.29, 1.82) is 5.26 Å². The first-order chi connectivity index (χ1) is 11.8. The predicted molar refractivity (Wildman–Crippen MR) is 84.5 cm³/mol. The first kappa shape index (κ1) is 16.2.